The standard InChI is InChI=1S/C12H19N3/c1-6-11(7-2)13-8-12-9(3)14-15(5)10(12)4/h1,11,13H,7-8H2,2-5H3. The number of nitrogens with one attached hydrogen (secondary N) is 1. The monoisotopic (exact) mass is 205 g/mol. The summed E-state index contributed by atoms with van der Waals surface area (Å²) in [6.07, 6.45) is 6.35. The fourth-order valence-corrected chi connectivity index (χ4v) is 1.62. The van der Waals surface area contributed by atoms with E-state index in [1.54, 1.807) is 0 Å². The highest BCUT2D eigenvalue weighted by Crippen LogP contribution is 2.11. The maximum atomic E-state index is 5.40. The van der Waals surface area contributed by atoms with E-state index in [4.69, 9.17) is 6.42 Å². The first-order valence-electron chi connectivity index (χ1n) is 5.28. The summed E-state index contributed by atoms with van der Waals surface area (Å²) in [6, 6.07) is 0.156. The van der Waals surface area contributed by atoms with Crippen molar-refractivity contribution in [1.82, 2.24) is 15.1 Å². The van der Waals surface area contributed by atoms with E-state index in [1.807, 2.05) is 18.7 Å². The molecular formula is C12H19N3. The number of terminal acetylenes is 1. The van der Waals surface area contributed by atoms with E-state index in [1.165, 1.54) is 11.3 Å². The Morgan fingerprint density at radius 1 is 1.53 bits per heavy atom. The molecule has 1 aromatic heterocycles. The van der Waals surface area contributed by atoms with Gasteiger partial charge in [0.2, 0.25) is 0 Å². The lowest BCUT2D eigenvalue weighted by atomic mass is 10.1. The SMILES string of the molecule is C#CC(CC)NCc1c(C)nn(C)c1C. The summed E-state index contributed by atoms with van der Waals surface area (Å²) < 4.78 is 1.91. The van der Waals surface area contributed by atoms with E-state index in [9.17, 15) is 0 Å². The summed E-state index contributed by atoms with van der Waals surface area (Å²) in [7, 11) is 1.96. The van der Waals surface area contributed by atoms with Crippen LogP contribution >= 0.6 is 0 Å². The van der Waals surface area contributed by atoms with E-state index in [2.05, 4.69) is 30.2 Å². The Morgan fingerprint density at radius 2 is 2.20 bits per heavy atom. The van der Waals surface area contributed by atoms with Crippen LogP contribution in [0.2, 0.25) is 0 Å². The average Bonchev–Trinajstić information content (AvgIpc) is 2.45. The minimum absolute atomic E-state index is 0.156. The van der Waals surface area contributed by atoms with Crippen molar-refractivity contribution in [2.24, 2.45) is 7.05 Å². The van der Waals surface area contributed by atoms with Gasteiger partial charge in [-0.1, -0.05) is 12.8 Å². The van der Waals surface area contributed by atoms with E-state index >= 15 is 0 Å². The highest BCUT2D eigenvalue weighted by atomic mass is 15.3. The number of hydrogen-bond acceptors (Lipinski definition) is 2. The van der Waals surface area contributed by atoms with Gasteiger partial charge in [-0.15, -0.1) is 6.42 Å². The Hall–Kier alpha value is -1.27. The zero-order valence-corrected chi connectivity index (χ0v) is 9.96. The molecule has 0 fully saturated rings. The van der Waals surface area contributed by atoms with Gasteiger partial charge in [-0.3, -0.25) is 10.00 Å². The van der Waals surface area contributed by atoms with E-state index in [-0.39, 0.29) is 6.04 Å². The molecule has 0 aliphatic carbocycles. The maximum Gasteiger partial charge on any atom is 0.0686 e. The fraction of sp³-hybridized carbons (Fsp3) is 0.583. The number of aryl methyl sites for hydroxylation is 2. The molecule has 0 aromatic carbocycles. The van der Waals surface area contributed by atoms with Crippen LogP contribution < -0.4 is 5.32 Å². The molecule has 82 valence electrons. The molecule has 1 rings (SSSR count). The Bertz CT molecular complexity index is 371. The van der Waals surface area contributed by atoms with Crippen LogP contribution in [0.25, 0.3) is 0 Å². The van der Waals surface area contributed by atoms with Crippen LogP contribution in [0, 0.1) is 26.2 Å². The first-order chi connectivity index (χ1) is 7.10. The van der Waals surface area contributed by atoms with Gasteiger partial charge in [0.05, 0.1) is 11.7 Å². The molecule has 0 radical (unpaired) electrons. The lowest BCUT2D eigenvalue weighted by Crippen LogP contribution is -2.26. The van der Waals surface area contributed by atoms with Crippen molar-refractivity contribution in [2.45, 2.75) is 39.8 Å². The molecule has 0 spiro atoms. The minimum atomic E-state index is 0.156. The van der Waals surface area contributed by atoms with Crippen molar-refractivity contribution >= 4 is 0 Å². The van der Waals surface area contributed by atoms with Gasteiger partial charge in [-0.05, 0) is 20.3 Å². The lowest BCUT2D eigenvalue weighted by molar-refractivity contribution is 0.589. The highest BCUT2D eigenvalue weighted by Gasteiger charge is 2.10. The van der Waals surface area contributed by atoms with Gasteiger partial charge in [-0.25, -0.2) is 0 Å². The van der Waals surface area contributed by atoms with Crippen molar-refractivity contribution in [3.05, 3.63) is 17.0 Å². The van der Waals surface area contributed by atoms with Crippen molar-refractivity contribution < 1.29 is 0 Å². The zero-order chi connectivity index (χ0) is 11.4. The Balaban J connectivity index is 2.69. The molecule has 1 aromatic rings. The zero-order valence-electron chi connectivity index (χ0n) is 9.96. The smallest absolute Gasteiger partial charge is 0.0686 e. The van der Waals surface area contributed by atoms with Crippen LogP contribution in [0.1, 0.15) is 30.3 Å². The molecule has 0 saturated carbocycles. The number of hydrogen-bond donors (Lipinski definition) is 1. The van der Waals surface area contributed by atoms with Gasteiger partial charge in [-0.2, -0.15) is 5.10 Å². The predicted octanol–water partition coefficient (Wildman–Crippen LogP) is 1.54. The molecule has 0 aliphatic rings. The van der Waals surface area contributed by atoms with E-state index in [0.29, 0.717) is 0 Å². The second-order valence-electron chi connectivity index (χ2n) is 3.78. The van der Waals surface area contributed by atoms with Crippen molar-refractivity contribution in [3.8, 4) is 12.3 Å². The normalized spacial score (nSPS) is 12.5. The number of rotatable bonds is 4. The summed E-state index contributed by atoms with van der Waals surface area (Å²) in [5, 5.41) is 7.71. The quantitative estimate of drug-likeness (QED) is 0.756. The molecule has 0 saturated heterocycles. The van der Waals surface area contributed by atoms with Crippen LogP contribution in [0.15, 0.2) is 0 Å². The van der Waals surface area contributed by atoms with E-state index in [0.717, 1.165) is 18.7 Å². The number of aromatic nitrogens is 2. The molecule has 15 heavy (non-hydrogen) atoms. The summed E-state index contributed by atoms with van der Waals surface area (Å²) in [6.45, 7) is 6.99. The molecule has 0 amide bonds. The molecule has 1 heterocycles. The third-order valence-electron chi connectivity index (χ3n) is 2.79. The molecule has 0 aliphatic heterocycles. The van der Waals surface area contributed by atoms with Crippen LogP contribution in [-0.4, -0.2) is 15.8 Å². The van der Waals surface area contributed by atoms with Crippen molar-refractivity contribution in [1.29, 1.82) is 0 Å². The summed E-state index contributed by atoms with van der Waals surface area (Å²) in [5.41, 5.74) is 3.53. The molecule has 0 bridgehead atoms. The molecule has 1 N–H and O–H groups in total. The van der Waals surface area contributed by atoms with Crippen LogP contribution in [0.3, 0.4) is 0 Å². The number of nitrogens with zero attached hydrogens (tertiary/aromatic N) is 2. The fourth-order valence-electron chi connectivity index (χ4n) is 1.62. The lowest BCUT2D eigenvalue weighted by Gasteiger charge is -2.10. The highest BCUT2D eigenvalue weighted by molar-refractivity contribution is 5.24. The van der Waals surface area contributed by atoms with E-state index < -0.39 is 0 Å². The van der Waals surface area contributed by atoms with Gasteiger partial charge >= 0.3 is 0 Å². The Morgan fingerprint density at radius 3 is 2.60 bits per heavy atom. The van der Waals surface area contributed by atoms with Crippen LogP contribution in [-0.2, 0) is 13.6 Å². The first-order valence-corrected chi connectivity index (χ1v) is 5.28. The third-order valence-corrected chi connectivity index (χ3v) is 2.79. The Labute approximate surface area is 91.9 Å². The minimum Gasteiger partial charge on any atom is -0.299 e. The molecule has 1 unspecified atom stereocenters. The predicted molar refractivity (Wildman–Crippen MR) is 62.4 cm³/mol. The molecule has 3 nitrogen and oxygen atoms in total. The summed E-state index contributed by atoms with van der Waals surface area (Å²) >= 11 is 0. The molecule has 1 atom stereocenters. The molecule has 3 heteroatoms. The first kappa shape index (κ1) is 11.8. The van der Waals surface area contributed by atoms with Crippen LogP contribution in [0.5, 0.6) is 0 Å². The largest absolute Gasteiger partial charge is 0.299 e. The maximum absolute atomic E-state index is 5.40. The average molecular weight is 205 g/mol. The second-order valence-corrected chi connectivity index (χ2v) is 3.78. The van der Waals surface area contributed by atoms with Gasteiger partial charge < -0.3 is 0 Å². The summed E-state index contributed by atoms with van der Waals surface area (Å²) in [4.78, 5) is 0. The van der Waals surface area contributed by atoms with Crippen molar-refractivity contribution in [3.63, 3.8) is 0 Å². The van der Waals surface area contributed by atoms with Gasteiger partial charge in [0.1, 0.15) is 0 Å². The Kier molecular flexibility index (Phi) is 3.93. The second kappa shape index (κ2) is 4.99. The third kappa shape index (κ3) is 2.60. The molecular weight excluding hydrogens is 186 g/mol. The topological polar surface area (TPSA) is 29.9 Å². The van der Waals surface area contributed by atoms with Gasteiger partial charge in [0.15, 0.2) is 0 Å². The van der Waals surface area contributed by atoms with Gasteiger partial charge in [0, 0.05) is 24.8 Å². The van der Waals surface area contributed by atoms with Gasteiger partial charge in [0.25, 0.3) is 0 Å². The van der Waals surface area contributed by atoms with Crippen molar-refractivity contribution in [2.75, 3.05) is 0 Å². The summed E-state index contributed by atoms with van der Waals surface area (Å²) in [5.74, 6) is 2.73. The van der Waals surface area contributed by atoms with Crippen LogP contribution in [0.4, 0.5) is 0 Å².